The molecule has 126 valence electrons. The zero-order valence-electron chi connectivity index (χ0n) is 13.4. The average molecular weight is 348 g/mol. The number of carbonyl (C=O) groups is 2. The first-order valence-electron chi connectivity index (χ1n) is 7.33. The number of ether oxygens (including phenoxy) is 1. The van der Waals surface area contributed by atoms with Crippen molar-refractivity contribution in [3.05, 3.63) is 64.7 Å². The molecule has 0 aliphatic heterocycles. The first-order valence-corrected chi connectivity index (χ1v) is 7.71. The molecular weight excluding hydrogens is 330 g/mol. The highest BCUT2D eigenvalue weighted by molar-refractivity contribution is 6.30. The maximum Gasteiger partial charge on any atom is 0.347 e. The fourth-order valence-corrected chi connectivity index (χ4v) is 2.03. The molecule has 2 N–H and O–H groups in total. The molecule has 0 aromatic heterocycles. The van der Waals surface area contributed by atoms with Crippen LogP contribution in [0.5, 0.6) is 5.75 Å². The van der Waals surface area contributed by atoms with Crippen molar-refractivity contribution in [2.75, 3.05) is 0 Å². The highest BCUT2D eigenvalue weighted by Crippen LogP contribution is 2.19. The Bertz CT molecular complexity index is 724. The van der Waals surface area contributed by atoms with Crippen LogP contribution in [0.25, 0.3) is 0 Å². The van der Waals surface area contributed by atoms with Crippen molar-refractivity contribution in [1.82, 2.24) is 5.32 Å². The third kappa shape index (κ3) is 4.73. The molecule has 0 saturated heterocycles. The first-order chi connectivity index (χ1) is 11.3. The van der Waals surface area contributed by atoms with Gasteiger partial charge in [0.2, 0.25) is 0 Å². The van der Waals surface area contributed by atoms with E-state index >= 15 is 0 Å². The lowest BCUT2D eigenvalue weighted by Gasteiger charge is -2.21. The minimum absolute atomic E-state index is 0.228. The normalized spacial score (nSPS) is 11.0. The summed E-state index contributed by atoms with van der Waals surface area (Å²) in [5.41, 5.74) is 0.0681. The molecule has 6 heteroatoms. The van der Waals surface area contributed by atoms with Gasteiger partial charge in [0.25, 0.3) is 5.91 Å². The largest absolute Gasteiger partial charge is 0.478 e. The molecule has 5 nitrogen and oxygen atoms in total. The lowest BCUT2D eigenvalue weighted by Crippen LogP contribution is -2.37. The Morgan fingerprint density at radius 3 is 2.21 bits per heavy atom. The molecule has 2 aromatic carbocycles. The van der Waals surface area contributed by atoms with Crippen molar-refractivity contribution in [2.24, 2.45) is 0 Å². The highest BCUT2D eigenvalue weighted by Gasteiger charge is 2.29. The van der Waals surface area contributed by atoms with Crippen molar-refractivity contribution in [3.63, 3.8) is 0 Å². The second kappa shape index (κ2) is 7.36. The molecule has 0 fully saturated rings. The van der Waals surface area contributed by atoms with E-state index < -0.39 is 11.6 Å². The Kier molecular flexibility index (Phi) is 5.46. The zero-order valence-corrected chi connectivity index (χ0v) is 14.1. The van der Waals surface area contributed by atoms with Gasteiger partial charge in [0, 0.05) is 17.1 Å². The third-order valence-electron chi connectivity index (χ3n) is 3.37. The summed E-state index contributed by atoms with van der Waals surface area (Å²) in [6, 6.07) is 13.5. The number of halogens is 1. The van der Waals surface area contributed by atoms with Gasteiger partial charge in [-0.2, -0.15) is 0 Å². The van der Waals surface area contributed by atoms with Crippen molar-refractivity contribution < 1.29 is 19.4 Å². The molecule has 24 heavy (non-hydrogen) atoms. The van der Waals surface area contributed by atoms with Gasteiger partial charge >= 0.3 is 5.97 Å². The van der Waals surface area contributed by atoms with Crippen molar-refractivity contribution >= 4 is 23.5 Å². The molecular formula is C18H18ClNO4. The summed E-state index contributed by atoms with van der Waals surface area (Å²) >= 11 is 5.81. The van der Waals surface area contributed by atoms with Crippen LogP contribution in [0.4, 0.5) is 0 Å². The number of nitrogens with one attached hydrogen (secondary N) is 1. The molecule has 0 unspecified atom stereocenters. The lowest BCUT2D eigenvalue weighted by molar-refractivity contribution is -0.152. The number of carboxylic acid groups (broad SMARTS) is 1. The predicted molar refractivity (Wildman–Crippen MR) is 91.4 cm³/mol. The number of hydrogen-bond donors (Lipinski definition) is 2. The van der Waals surface area contributed by atoms with Crippen LogP contribution in [0.1, 0.15) is 29.8 Å². The summed E-state index contributed by atoms with van der Waals surface area (Å²) in [5.74, 6) is -0.905. The van der Waals surface area contributed by atoms with Crippen molar-refractivity contribution in [1.29, 1.82) is 0 Å². The minimum atomic E-state index is -1.33. The summed E-state index contributed by atoms with van der Waals surface area (Å²) in [7, 11) is 0. The molecule has 2 aromatic rings. The SMILES string of the molecule is CC(C)(Oc1ccc(C(=O)NCc2ccc(Cl)cc2)cc1)C(=O)O. The number of rotatable bonds is 6. The van der Waals surface area contributed by atoms with E-state index in [0.717, 1.165) is 5.56 Å². The van der Waals surface area contributed by atoms with Gasteiger partial charge in [-0.15, -0.1) is 0 Å². The number of carbonyl (C=O) groups excluding carboxylic acids is 1. The van der Waals surface area contributed by atoms with Gasteiger partial charge in [-0.25, -0.2) is 4.79 Å². The Labute approximate surface area is 145 Å². The average Bonchev–Trinajstić information content (AvgIpc) is 2.54. The standard InChI is InChI=1S/C18H18ClNO4/c1-18(2,17(22)23)24-15-9-5-13(6-10-15)16(21)20-11-12-3-7-14(19)8-4-12/h3-10H,11H2,1-2H3,(H,20,21)(H,22,23). The Morgan fingerprint density at radius 1 is 1.08 bits per heavy atom. The first kappa shape index (κ1) is 17.8. The predicted octanol–water partition coefficient (Wildman–Crippen LogP) is 3.51. The van der Waals surface area contributed by atoms with Crippen LogP contribution in [-0.4, -0.2) is 22.6 Å². The summed E-state index contributed by atoms with van der Waals surface area (Å²) in [4.78, 5) is 23.2. The smallest absolute Gasteiger partial charge is 0.347 e. The fourth-order valence-electron chi connectivity index (χ4n) is 1.90. The molecule has 0 aliphatic rings. The van der Waals surface area contributed by atoms with Crippen LogP contribution < -0.4 is 10.1 Å². The summed E-state index contributed by atoms with van der Waals surface area (Å²) in [6.07, 6.45) is 0. The Morgan fingerprint density at radius 2 is 1.67 bits per heavy atom. The van der Waals surface area contributed by atoms with Gasteiger partial charge < -0.3 is 15.2 Å². The quantitative estimate of drug-likeness (QED) is 0.838. The van der Waals surface area contributed by atoms with Gasteiger partial charge in [-0.3, -0.25) is 4.79 Å². The van der Waals surface area contributed by atoms with E-state index in [1.807, 2.05) is 12.1 Å². The topological polar surface area (TPSA) is 75.6 Å². The molecule has 0 spiro atoms. The number of benzene rings is 2. The number of carboxylic acids is 1. The zero-order chi connectivity index (χ0) is 17.7. The second-order valence-electron chi connectivity index (χ2n) is 5.75. The van der Waals surface area contributed by atoms with E-state index in [9.17, 15) is 9.59 Å². The number of aliphatic carboxylic acids is 1. The van der Waals surface area contributed by atoms with E-state index in [1.165, 1.54) is 13.8 Å². The molecule has 0 radical (unpaired) electrons. The maximum absolute atomic E-state index is 12.1. The Hall–Kier alpha value is -2.53. The molecule has 0 heterocycles. The molecule has 0 bridgehead atoms. The molecule has 0 aliphatic carbocycles. The van der Waals surface area contributed by atoms with Gasteiger partial charge in [0.05, 0.1) is 0 Å². The summed E-state index contributed by atoms with van der Waals surface area (Å²) in [6.45, 7) is 3.31. The number of amides is 1. The van der Waals surface area contributed by atoms with Gasteiger partial charge in [0.15, 0.2) is 5.60 Å². The highest BCUT2D eigenvalue weighted by atomic mass is 35.5. The van der Waals surface area contributed by atoms with Crippen molar-refractivity contribution in [2.45, 2.75) is 26.0 Å². The third-order valence-corrected chi connectivity index (χ3v) is 3.62. The van der Waals surface area contributed by atoms with E-state index in [0.29, 0.717) is 22.9 Å². The van der Waals surface area contributed by atoms with Gasteiger partial charge in [-0.05, 0) is 55.8 Å². The number of hydrogen-bond acceptors (Lipinski definition) is 3. The van der Waals surface area contributed by atoms with E-state index in [4.69, 9.17) is 21.4 Å². The molecule has 0 saturated carbocycles. The van der Waals surface area contributed by atoms with Crippen LogP contribution in [0.3, 0.4) is 0 Å². The fraction of sp³-hybridized carbons (Fsp3) is 0.222. The van der Waals surface area contributed by atoms with E-state index in [-0.39, 0.29) is 5.91 Å². The van der Waals surface area contributed by atoms with Crippen LogP contribution in [0, 0.1) is 0 Å². The van der Waals surface area contributed by atoms with Crippen molar-refractivity contribution in [3.8, 4) is 5.75 Å². The Balaban J connectivity index is 1.96. The summed E-state index contributed by atoms with van der Waals surface area (Å²) in [5, 5.41) is 12.5. The maximum atomic E-state index is 12.1. The monoisotopic (exact) mass is 347 g/mol. The van der Waals surface area contributed by atoms with Crippen LogP contribution >= 0.6 is 11.6 Å². The second-order valence-corrected chi connectivity index (χ2v) is 6.19. The molecule has 2 rings (SSSR count). The van der Waals surface area contributed by atoms with E-state index in [1.54, 1.807) is 36.4 Å². The summed E-state index contributed by atoms with van der Waals surface area (Å²) < 4.78 is 5.39. The minimum Gasteiger partial charge on any atom is -0.478 e. The van der Waals surface area contributed by atoms with Gasteiger partial charge in [0.1, 0.15) is 5.75 Å². The van der Waals surface area contributed by atoms with E-state index in [2.05, 4.69) is 5.32 Å². The van der Waals surface area contributed by atoms with Crippen LogP contribution in [0.15, 0.2) is 48.5 Å². The molecule has 1 amide bonds. The molecule has 0 atom stereocenters. The van der Waals surface area contributed by atoms with Gasteiger partial charge in [-0.1, -0.05) is 23.7 Å². The van der Waals surface area contributed by atoms with Crippen LogP contribution in [-0.2, 0) is 11.3 Å². The van der Waals surface area contributed by atoms with Crippen LogP contribution in [0.2, 0.25) is 5.02 Å². The lowest BCUT2D eigenvalue weighted by atomic mass is 10.1.